The van der Waals surface area contributed by atoms with Gasteiger partial charge in [0, 0.05) is 24.0 Å². The summed E-state index contributed by atoms with van der Waals surface area (Å²) < 4.78 is 0. The molecule has 0 aromatic carbocycles. The fourth-order valence-electron chi connectivity index (χ4n) is 1.24. The van der Waals surface area contributed by atoms with Gasteiger partial charge in [0.15, 0.2) is 5.01 Å². The van der Waals surface area contributed by atoms with E-state index in [1.807, 2.05) is 25.3 Å². The van der Waals surface area contributed by atoms with E-state index in [1.165, 1.54) is 0 Å². The minimum Gasteiger partial charge on any atom is -0.360 e. The maximum absolute atomic E-state index is 4.25. The average molecular weight is 234 g/mol. The summed E-state index contributed by atoms with van der Waals surface area (Å²) in [6, 6.07) is 4.00. The second kappa shape index (κ2) is 5.03. The van der Waals surface area contributed by atoms with Crippen LogP contribution in [-0.4, -0.2) is 21.7 Å². The molecule has 2 heterocycles. The monoisotopic (exact) mass is 234 g/mol. The normalized spacial score (nSPS) is 10.4. The Kier molecular flexibility index (Phi) is 3.46. The van der Waals surface area contributed by atoms with Gasteiger partial charge in [0.25, 0.3) is 0 Å². The van der Waals surface area contributed by atoms with Crippen LogP contribution in [0, 0.1) is 6.92 Å². The van der Waals surface area contributed by atoms with Gasteiger partial charge in [-0.25, -0.2) is 0 Å². The first-order valence-electron chi connectivity index (χ1n) is 5.30. The zero-order valence-electron chi connectivity index (χ0n) is 9.40. The van der Waals surface area contributed by atoms with Gasteiger partial charge in [-0.1, -0.05) is 18.3 Å². The minimum absolute atomic E-state index is 0.873. The van der Waals surface area contributed by atoms with E-state index in [-0.39, 0.29) is 0 Å². The van der Waals surface area contributed by atoms with Gasteiger partial charge in [0.2, 0.25) is 5.13 Å². The molecule has 2 rings (SSSR count). The van der Waals surface area contributed by atoms with Crippen molar-refractivity contribution in [2.75, 3.05) is 11.9 Å². The lowest BCUT2D eigenvalue weighted by Crippen LogP contribution is -1.98. The molecular weight excluding hydrogens is 220 g/mol. The molecule has 0 bridgehead atoms. The van der Waals surface area contributed by atoms with Crippen LogP contribution in [-0.2, 0) is 0 Å². The standard InChI is InChI=1S/C11H14N4S/c1-3-6-12-11-15-14-10(16-11)9-5-4-8(2)13-7-9/h4-5,7H,3,6H2,1-2H3,(H,12,15). The Labute approximate surface area is 98.8 Å². The van der Waals surface area contributed by atoms with Crippen LogP contribution in [0.15, 0.2) is 18.3 Å². The van der Waals surface area contributed by atoms with E-state index in [0.29, 0.717) is 0 Å². The van der Waals surface area contributed by atoms with Gasteiger partial charge >= 0.3 is 0 Å². The van der Waals surface area contributed by atoms with Gasteiger partial charge in [0.1, 0.15) is 0 Å². The molecule has 0 unspecified atom stereocenters. The number of nitrogens with zero attached hydrogens (tertiary/aromatic N) is 3. The van der Waals surface area contributed by atoms with Crippen molar-refractivity contribution in [2.45, 2.75) is 20.3 Å². The van der Waals surface area contributed by atoms with Crippen molar-refractivity contribution in [1.82, 2.24) is 15.2 Å². The van der Waals surface area contributed by atoms with Crippen LogP contribution in [0.25, 0.3) is 10.6 Å². The van der Waals surface area contributed by atoms with Crippen molar-refractivity contribution in [2.24, 2.45) is 0 Å². The molecule has 0 atom stereocenters. The van der Waals surface area contributed by atoms with E-state index in [1.54, 1.807) is 11.3 Å². The number of anilines is 1. The van der Waals surface area contributed by atoms with Crippen molar-refractivity contribution < 1.29 is 0 Å². The van der Waals surface area contributed by atoms with Gasteiger partial charge in [-0.05, 0) is 25.5 Å². The van der Waals surface area contributed by atoms with E-state index in [2.05, 4.69) is 27.4 Å². The summed E-state index contributed by atoms with van der Waals surface area (Å²) >= 11 is 1.56. The Balaban J connectivity index is 2.15. The molecule has 0 aliphatic rings. The van der Waals surface area contributed by atoms with Crippen molar-refractivity contribution in [3.8, 4) is 10.6 Å². The van der Waals surface area contributed by atoms with Gasteiger partial charge in [-0.15, -0.1) is 10.2 Å². The summed E-state index contributed by atoms with van der Waals surface area (Å²) in [5.74, 6) is 0. The average Bonchev–Trinajstić information content (AvgIpc) is 2.76. The number of aryl methyl sites for hydroxylation is 1. The zero-order chi connectivity index (χ0) is 11.4. The molecule has 0 aliphatic carbocycles. The van der Waals surface area contributed by atoms with Crippen LogP contribution in [0.2, 0.25) is 0 Å². The highest BCUT2D eigenvalue weighted by Gasteiger charge is 2.05. The number of nitrogens with one attached hydrogen (secondary N) is 1. The highest BCUT2D eigenvalue weighted by Crippen LogP contribution is 2.25. The topological polar surface area (TPSA) is 50.7 Å². The molecule has 0 fully saturated rings. The first-order chi connectivity index (χ1) is 7.79. The predicted molar refractivity (Wildman–Crippen MR) is 66.7 cm³/mol. The summed E-state index contributed by atoms with van der Waals surface area (Å²) in [4.78, 5) is 4.25. The van der Waals surface area contributed by atoms with E-state index in [9.17, 15) is 0 Å². The van der Waals surface area contributed by atoms with Crippen molar-refractivity contribution >= 4 is 16.5 Å². The van der Waals surface area contributed by atoms with Gasteiger partial charge in [0.05, 0.1) is 0 Å². The van der Waals surface area contributed by atoms with E-state index < -0.39 is 0 Å². The second-order valence-corrected chi connectivity index (χ2v) is 4.50. The third-order valence-electron chi connectivity index (χ3n) is 2.11. The lowest BCUT2D eigenvalue weighted by molar-refractivity contribution is 0.964. The Morgan fingerprint density at radius 3 is 2.88 bits per heavy atom. The first kappa shape index (κ1) is 11.0. The zero-order valence-corrected chi connectivity index (χ0v) is 10.2. The fourth-order valence-corrected chi connectivity index (χ4v) is 2.00. The summed E-state index contributed by atoms with van der Waals surface area (Å²) in [6.45, 7) is 5.03. The third kappa shape index (κ3) is 2.55. The molecular formula is C11H14N4S. The fraction of sp³-hybridized carbons (Fsp3) is 0.364. The highest BCUT2D eigenvalue weighted by molar-refractivity contribution is 7.18. The molecule has 84 valence electrons. The molecule has 0 saturated carbocycles. The highest BCUT2D eigenvalue weighted by atomic mass is 32.1. The number of hydrogen-bond donors (Lipinski definition) is 1. The van der Waals surface area contributed by atoms with Crippen LogP contribution in [0.5, 0.6) is 0 Å². The number of hydrogen-bond acceptors (Lipinski definition) is 5. The molecule has 0 radical (unpaired) electrons. The Bertz CT molecular complexity index is 449. The summed E-state index contributed by atoms with van der Waals surface area (Å²) in [7, 11) is 0. The molecule has 0 aliphatic heterocycles. The van der Waals surface area contributed by atoms with E-state index in [0.717, 1.165) is 34.4 Å². The predicted octanol–water partition coefficient (Wildman–Crippen LogP) is 2.73. The third-order valence-corrected chi connectivity index (χ3v) is 3.04. The number of aromatic nitrogens is 3. The van der Waals surface area contributed by atoms with E-state index in [4.69, 9.17) is 0 Å². The van der Waals surface area contributed by atoms with Crippen LogP contribution in [0.3, 0.4) is 0 Å². The summed E-state index contributed by atoms with van der Waals surface area (Å²) in [6.07, 6.45) is 2.92. The Morgan fingerprint density at radius 2 is 2.19 bits per heavy atom. The molecule has 2 aromatic heterocycles. The van der Waals surface area contributed by atoms with Gasteiger partial charge in [-0.3, -0.25) is 4.98 Å². The van der Waals surface area contributed by atoms with E-state index >= 15 is 0 Å². The van der Waals surface area contributed by atoms with Gasteiger partial charge < -0.3 is 5.32 Å². The number of pyridine rings is 1. The smallest absolute Gasteiger partial charge is 0.206 e. The molecule has 1 N–H and O–H groups in total. The molecule has 0 amide bonds. The van der Waals surface area contributed by atoms with Crippen LogP contribution >= 0.6 is 11.3 Å². The molecule has 4 nitrogen and oxygen atoms in total. The largest absolute Gasteiger partial charge is 0.360 e. The second-order valence-electron chi connectivity index (χ2n) is 3.53. The lowest BCUT2D eigenvalue weighted by atomic mass is 10.3. The molecule has 0 spiro atoms. The SMILES string of the molecule is CCCNc1nnc(-c2ccc(C)nc2)s1. The van der Waals surface area contributed by atoms with Crippen molar-refractivity contribution in [3.63, 3.8) is 0 Å². The summed E-state index contributed by atoms with van der Waals surface area (Å²) in [5, 5.41) is 13.2. The Morgan fingerprint density at radius 1 is 1.31 bits per heavy atom. The maximum Gasteiger partial charge on any atom is 0.206 e. The van der Waals surface area contributed by atoms with Gasteiger partial charge in [-0.2, -0.15) is 0 Å². The molecule has 16 heavy (non-hydrogen) atoms. The van der Waals surface area contributed by atoms with Crippen molar-refractivity contribution in [1.29, 1.82) is 0 Å². The first-order valence-corrected chi connectivity index (χ1v) is 6.11. The lowest BCUT2D eigenvalue weighted by Gasteiger charge is -1.96. The van der Waals surface area contributed by atoms with Crippen LogP contribution in [0.4, 0.5) is 5.13 Å². The van der Waals surface area contributed by atoms with Crippen LogP contribution in [0.1, 0.15) is 19.0 Å². The van der Waals surface area contributed by atoms with Crippen molar-refractivity contribution in [3.05, 3.63) is 24.0 Å². The Hall–Kier alpha value is -1.49. The number of rotatable bonds is 4. The quantitative estimate of drug-likeness (QED) is 0.883. The maximum atomic E-state index is 4.25. The minimum atomic E-state index is 0.873. The van der Waals surface area contributed by atoms with Crippen LogP contribution < -0.4 is 5.32 Å². The molecule has 2 aromatic rings. The molecule has 0 saturated heterocycles. The summed E-state index contributed by atoms with van der Waals surface area (Å²) in [5.41, 5.74) is 2.03. The molecule has 5 heteroatoms.